The van der Waals surface area contributed by atoms with Crippen LogP contribution in [0.3, 0.4) is 0 Å². The standard InChI is InChI=1S/C17H22N2O2/c1-2-12-11-19(10-9-16(12)20)15-8-7-13-5-3-4-6-14(13)18-17(15)21/h3-6,12,15H,2,7-11H2,1H3,(H,18,21). The first kappa shape index (κ1) is 14.3. The molecule has 2 aliphatic rings. The van der Waals surface area contributed by atoms with E-state index < -0.39 is 0 Å². The van der Waals surface area contributed by atoms with Gasteiger partial charge in [-0.3, -0.25) is 14.5 Å². The van der Waals surface area contributed by atoms with Gasteiger partial charge >= 0.3 is 0 Å². The van der Waals surface area contributed by atoms with Crippen LogP contribution in [0.1, 0.15) is 31.7 Å². The van der Waals surface area contributed by atoms with Crippen molar-refractivity contribution in [2.45, 2.75) is 38.6 Å². The molecule has 0 spiro atoms. The zero-order valence-corrected chi connectivity index (χ0v) is 12.5. The highest BCUT2D eigenvalue weighted by Crippen LogP contribution is 2.26. The van der Waals surface area contributed by atoms with Crippen molar-refractivity contribution in [1.29, 1.82) is 0 Å². The Balaban J connectivity index is 1.75. The van der Waals surface area contributed by atoms with Crippen molar-refractivity contribution in [2.75, 3.05) is 18.4 Å². The number of Topliss-reactive ketones (excluding diaryl/α,β-unsaturated/α-hetero) is 1. The maximum atomic E-state index is 12.5. The van der Waals surface area contributed by atoms with Crippen LogP contribution in [-0.2, 0) is 16.0 Å². The number of fused-ring (bicyclic) bond motifs is 1. The molecule has 1 aromatic rings. The second-order valence-electron chi connectivity index (χ2n) is 6.02. The zero-order valence-electron chi connectivity index (χ0n) is 12.5. The normalized spacial score (nSPS) is 26.9. The summed E-state index contributed by atoms with van der Waals surface area (Å²) in [6, 6.07) is 7.89. The zero-order chi connectivity index (χ0) is 14.8. The molecule has 21 heavy (non-hydrogen) atoms. The molecule has 2 unspecified atom stereocenters. The number of benzene rings is 1. The average molecular weight is 286 g/mol. The molecule has 2 heterocycles. The molecule has 0 aromatic heterocycles. The third kappa shape index (κ3) is 2.86. The Morgan fingerprint density at radius 2 is 2.05 bits per heavy atom. The summed E-state index contributed by atoms with van der Waals surface area (Å²) in [4.78, 5) is 26.6. The number of carbonyl (C=O) groups excluding carboxylic acids is 2. The average Bonchev–Trinajstić information content (AvgIpc) is 2.66. The second-order valence-corrected chi connectivity index (χ2v) is 6.02. The number of nitrogens with zero attached hydrogens (tertiary/aromatic N) is 1. The van der Waals surface area contributed by atoms with Gasteiger partial charge in [-0.15, -0.1) is 0 Å². The fourth-order valence-electron chi connectivity index (χ4n) is 3.42. The summed E-state index contributed by atoms with van der Waals surface area (Å²) in [5.41, 5.74) is 2.14. The molecule has 0 aliphatic carbocycles. The monoisotopic (exact) mass is 286 g/mol. The van der Waals surface area contributed by atoms with Crippen LogP contribution in [0.2, 0.25) is 0 Å². The predicted molar refractivity (Wildman–Crippen MR) is 82.2 cm³/mol. The number of amides is 1. The molecule has 1 saturated heterocycles. The summed E-state index contributed by atoms with van der Waals surface area (Å²) < 4.78 is 0. The van der Waals surface area contributed by atoms with Gasteiger partial charge in [-0.1, -0.05) is 25.1 Å². The van der Waals surface area contributed by atoms with Gasteiger partial charge in [0, 0.05) is 31.1 Å². The first-order chi connectivity index (χ1) is 10.2. The van der Waals surface area contributed by atoms with Crippen molar-refractivity contribution in [3.05, 3.63) is 29.8 Å². The Morgan fingerprint density at radius 3 is 2.86 bits per heavy atom. The Morgan fingerprint density at radius 1 is 1.24 bits per heavy atom. The van der Waals surface area contributed by atoms with Crippen molar-refractivity contribution in [3.8, 4) is 0 Å². The highest BCUT2D eigenvalue weighted by Gasteiger charge is 2.34. The number of para-hydroxylation sites is 1. The van der Waals surface area contributed by atoms with Gasteiger partial charge < -0.3 is 5.32 Å². The molecule has 4 heteroatoms. The number of ketones is 1. The van der Waals surface area contributed by atoms with E-state index >= 15 is 0 Å². The van der Waals surface area contributed by atoms with Gasteiger partial charge in [0.15, 0.2) is 0 Å². The highest BCUT2D eigenvalue weighted by atomic mass is 16.2. The van der Waals surface area contributed by atoms with Gasteiger partial charge in [-0.25, -0.2) is 0 Å². The second kappa shape index (κ2) is 5.98. The van der Waals surface area contributed by atoms with Crippen molar-refractivity contribution in [2.24, 2.45) is 5.92 Å². The van der Waals surface area contributed by atoms with E-state index in [1.165, 1.54) is 5.56 Å². The number of anilines is 1. The minimum Gasteiger partial charge on any atom is -0.324 e. The first-order valence-corrected chi connectivity index (χ1v) is 7.84. The molecule has 3 rings (SSSR count). The summed E-state index contributed by atoms with van der Waals surface area (Å²) in [5.74, 6) is 0.521. The molecule has 1 N–H and O–H groups in total. The van der Waals surface area contributed by atoms with Gasteiger partial charge in [-0.2, -0.15) is 0 Å². The number of piperidine rings is 1. The molecule has 0 radical (unpaired) electrons. The van der Waals surface area contributed by atoms with Crippen LogP contribution in [0.4, 0.5) is 5.69 Å². The molecule has 2 aliphatic heterocycles. The molecule has 1 aromatic carbocycles. The lowest BCUT2D eigenvalue weighted by atomic mass is 9.92. The highest BCUT2D eigenvalue weighted by molar-refractivity contribution is 5.96. The minimum absolute atomic E-state index is 0.0733. The van der Waals surface area contributed by atoms with Gasteiger partial charge in [0.25, 0.3) is 0 Å². The van der Waals surface area contributed by atoms with E-state index in [1.54, 1.807) is 0 Å². The van der Waals surface area contributed by atoms with E-state index in [1.807, 2.05) is 18.2 Å². The molecule has 112 valence electrons. The third-order valence-electron chi connectivity index (χ3n) is 4.75. The largest absolute Gasteiger partial charge is 0.324 e. The van der Waals surface area contributed by atoms with Crippen LogP contribution in [0.15, 0.2) is 24.3 Å². The number of hydrogen-bond donors (Lipinski definition) is 1. The molecule has 1 amide bonds. The third-order valence-corrected chi connectivity index (χ3v) is 4.75. The van der Waals surface area contributed by atoms with Crippen LogP contribution in [-0.4, -0.2) is 35.7 Å². The summed E-state index contributed by atoms with van der Waals surface area (Å²) in [7, 11) is 0. The lowest BCUT2D eigenvalue weighted by Gasteiger charge is -2.36. The fourth-order valence-corrected chi connectivity index (χ4v) is 3.42. The topological polar surface area (TPSA) is 49.4 Å². The molecular weight excluding hydrogens is 264 g/mol. The Labute approximate surface area is 125 Å². The Hall–Kier alpha value is -1.68. The lowest BCUT2D eigenvalue weighted by molar-refractivity contribution is -0.130. The molecule has 2 atom stereocenters. The SMILES string of the molecule is CCC1CN(C2CCc3ccccc3NC2=O)CCC1=O. The maximum absolute atomic E-state index is 12.5. The van der Waals surface area contributed by atoms with E-state index in [0.29, 0.717) is 18.7 Å². The summed E-state index contributed by atoms with van der Waals surface area (Å²) in [6.07, 6.45) is 3.17. The van der Waals surface area contributed by atoms with Crippen molar-refractivity contribution >= 4 is 17.4 Å². The summed E-state index contributed by atoms with van der Waals surface area (Å²) in [5, 5.41) is 3.05. The Kier molecular flexibility index (Phi) is 4.06. The van der Waals surface area contributed by atoms with E-state index in [2.05, 4.69) is 23.2 Å². The van der Waals surface area contributed by atoms with E-state index in [9.17, 15) is 9.59 Å². The van der Waals surface area contributed by atoms with E-state index in [0.717, 1.165) is 31.5 Å². The maximum Gasteiger partial charge on any atom is 0.241 e. The predicted octanol–water partition coefficient (Wildman–Crippen LogP) is 2.24. The minimum atomic E-state index is -0.112. The molecule has 0 bridgehead atoms. The summed E-state index contributed by atoms with van der Waals surface area (Å²) in [6.45, 7) is 3.49. The molecule has 0 saturated carbocycles. The van der Waals surface area contributed by atoms with Gasteiger partial charge in [0.2, 0.25) is 5.91 Å². The number of nitrogens with one attached hydrogen (secondary N) is 1. The van der Waals surface area contributed by atoms with Crippen LogP contribution in [0, 0.1) is 5.92 Å². The summed E-state index contributed by atoms with van der Waals surface area (Å²) >= 11 is 0. The molecular formula is C17H22N2O2. The first-order valence-electron chi connectivity index (χ1n) is 7.84. The van der Waals surface area contributed by atoms with E-state index in [-0.39, 0.29) is 17.9 Å². The van der Waals surface area contributed by atoms with Crippen LogP contribution in [0.5, 0.6) is 0 Å². The number of hydrogen-bond acceptors (Lipinski definition) is 3. The number of carbonyl (C=O) groups is 2. The smallest absolute Gasteiger partial charge is 0.241 e. The molecule has 4 nitrogen and oxygen atoms in total. The van der Waals surface area contributed by atoms with Gasteiger partial charge in [0.05, 0.1) is 6.04 Å². The van der Waals surface area contributed by atoms with Crippen LogP contribution in [0.25, 0.3) is 0 Å². The van der Waals surface area contributed by atoms with Gasteiger partial charge in [0.1, 0.15) is 5.78 Å². The van der Waals surface area contributed by atoms with Crippen molar-refractivity contribution in [3.63, 3.8) is 0 Å². The number of aryl methyl sites for hydroxylation is 1. The van der Waals surface area contributed by atoms with Crippen molar-refractivity contribution < 1.29 is 9.59 Å². The van der Waals surface area contributed by atoms with E-state index in [4.69, 9.17) is 0 Å². The quantitative estimate of drug-likeness (QED) is 0.907. The fraction of sp³-hybridized carbons (Fsp3) is 0.529. The van der Waals surface area contributed by atoms with Crippen LogP contribution >= 0.6 is 0 Å². The van der Waals surface area contributed by atoms with Gasteiger partial charge in [-0.05, 0) is 30.9 Å². The van der Waals surface area contributed by atoms with Crippen LogP contribution < -0.4 is 5.32 Å². The van der Waals surface area contributed by atoms with Crippen molar-refractivity contribution in [1.82, 2.24) is 4.90 Å². The number of likely N-dealkylation sites (tertiary alicyclic amines) is 1. The Bertz CT molecular complexity index is 555. The lowest BCUT2D eigenvalue weighted by Crippen LogP contribution is -2.50. The molecule has 1 fully saturated rings. The number of rotatable bonds is 2.